The Balaban J connectivity index is 1.55. The molecule has 1 aliphatic rings. The normalized spacial score (nSPS) is 16.0. The van der Waals surface area contributed by atoms with Crippen LogP contribution in [-0.4, -0.2) is 46.4 Å². The van der Waals surface area contributed by atoms with Gasteiger partial charge in [-0.25, -0.2) is 14.4 Å². The second-order valence-electron chi connectivity index (χ2n) is 6.38. The number of nitrogens with one attached hydrogen (secondary N) is 2. The third-order valence-electron chi connectivity index (χ3n) is 4.54. The third kappa shape index (κ3) is 4.71. The molecule has 0 unspecified atom stereocenters. The Hall–Kier alpha value is -2.64. The average Bonchev–Trinajstić information content (AvgIpc) is 3.05. The smallest absolute Gasteiger partial charge is 0.191 e. The van der Waals surface area contributed by atoms with E-state index < -0.39 is 0 Å². The number of piperidine rings is 1. The van der Waals surface area contributed by atoms with Crippen LogP contribution in [0.3, 0.4) is 0 Å². The Morgan fingerprint density at radius 1 is 1.35 bits per heavy atom. The van der Waals surface area contributed by atoms with Crippen LogP contribution in [0.25, 0.3) is 0 Å². The zero-order valence-electron chi connectivity index (χ0n) is 15.3. The van der Waals surface area contributed by atoms with Crippen molar-refractivity contribution >= 4 is 11.6 Å². The number of anilines is 1. The van der Waals surface area contributed by atoms with E-state index >= 15 is 0 Å². The highest BCUT2D eigenvalue weighted by molar-refractivity contribution is 5.80. The number of aromatic nitrogens is 3. The lowest BCUT2D eigenvalue weighted by atomic mass is 10.0. The molecule has 1 aromatic carbocycles. The molecule has 0 radical (unpaired) electrons. The van der Waals surface area contributed by atoms with Crippen LogP contribution in [0.4, 0.5) is 10.1 Å². The molecule has 26 heavy (non-hydrogen) atoms. The van der Waals surface area contributed by atoms with E-state index in [-0.39, 0.29) is 5.82 Å². The van der Waals surface area contributed by atoms with Gasteiger partial charge in [0.25, 0.3) is 0 Å². The summed E-state index contributed by atoms with van der Waals surface area (Å²) in [4.78, 5) is 11.0. The van der Waals surface area contributed by atoms with Crippen LogP contribution >= 0.6 is 0 Å². The number of benzene rings is 1. The van der Waals surface area contributed by atoms with Gasteiger partial charge in [0.15, 0.2) is 5.96 Å². The second kappa shape index (κ2) is 8.64. The lowest BCUT2D eigenvalue weighted by Crippen LogP contribution is -2.48. The highest BCUT2D eigenvalue weighted by Gasteiger charge is 2.20. The molecule has 1 fully saturated rings. The van der Waals surface area contributed by atoms with Crippen molar-refractivity contribution in [1.29, 1.82) is 0 Å². The molecule has 2 heterocycles. The van der Waals surface area contributed by atoms with Gasteiger partial charge in [0.1, 0.15) is 24.5 Å². The van der Waals surface area contributed by atoms with Gasteiger partial charge in [-0.1, -0.05) is 6.07 Å². The van der Waals surface area contributed by atoms with Crippen molar-refractivity contribution in [2.75, 3.05) is 24.5 Å². The van der Waals surface area contributed by atoms with E-state index in [1.165, 1.54) is 12.4 Å². The van der Waals surface area contributed by atoms with Crippen LogP contribution in [0.15, 0.2) is 35.6 Å². The quantitative estimate of drug-likeness (QED) is 0.628. The van der Waals surface area contributed by atoms with Crippen molar-refractivity contribution < 1.29 is 4.39 Å². The second-order valence-corrected chi connectivity index (χ2v) is 6.38. The molecular formula is C18H26FN7. The number of hydrogen-bond acceptors (Lipinski definition) is 4. The number of aliphatic imine (C=N–C) groups is 1. The Morgan fingerprint density at radius 2 is 2.15 bits per heavy atom. The fourth-order valence-corrected chi connectivity index (χ4v) is 3.08. The fourth-order valence-electron chi connectivity index (χ4n) is 3.08. The number of halogens is 1. The summed E-state index contributed by atoms with van der Waals surface area (Å²) in [6.07, 6.45) is 3.49. The molecule has 0 amide bonds. The van der Waals surface area contributed by atoms with Crippen molar-refractivity contribution in [2.45, 2.75) is 32.4 Å². The number of nitrogens with zero attached hydrogens (tertiary/aromatic N) is 5. The van der Waals surface area contributed by atoms with Crippen molar-refractivity contribution in [1.82, 2.24) is 25.4 Å². The van der Waals surface area contributed by atoms with Crippen molar-refractivity contribution in [3.8, 4) is 0 Å². The fraction of sp³-hybridized carbons (Fsp3) is 0.500. The summed E-state index contributed by atoms with van der Waals surface area (Å²) in [6.45, 7) is 5.11. The van der Waals surface area contributed by atoms with Crippen LogP contribution in [0.1, 0.15) is 25.6 Å². The molecule has 140 valence electrons. The topological polar surface area (TPSA) is 70.4 Å². The highest BCUT2D eigenvalue weighted by atomic mass is 19.1. The van der Waals surface area contributed by atoms with Crippen LogP contribution in [0.5, 0.6) is 0 Å². The lowest BCUT2D eigenvalue weighted by Gasteiger charge is -2.34. The largest absolute Gasteiger partial charge is 0.371 e. The standard InChI is InChI=1S/C18H26FN7/c1-3-20-18(21-12-17-22-13-23-25(17)2)24-15-7-9-26(10-8-15)16-6-4-5-14(19)11-16/h4-6,11,13,15H,3,7-10,12H2,1-2H3,(H2,20,21,24). The molecule has 0 aliphatic carbocycles. The van der Waals surface area contributed by atoms with E-state index in [0.717, 1.165) is 49.9 Å². The van der Waals surface area contributed by atoms with Gasteiger partial charge in [0, 0.05) is 38.4 Å². The van der Waals surface area contributed by atoms with E-state index in [2.05, 4.69) is 30.6 Å². The lowest BCUT2D eigenvalue weighted by molar-refractivity contribution is 0.461. The SMILES string of the molecule is CCNC(=NCc1ncnn1C)NC1CCN(c2cccc(F)c2)CC1. The van der Waals surface area contributed by atoms with Crippen LogP contribution in [-0.2, 0) is 13.6 Å². The van der Waals surface area contributed by atoms with Crippen LogP contribution in [0, 0.1) is 5.82 Å². The minimum atomic E-state index is -0.187. The van der Waals surface area contributed by atoms with E-state index in [1.807, 2.05) is 20.0 Å². The highest BCUT2D eigenvalue weighted by Crippen LogP contribution is 2.20. The first-order valence-corrected chi connectivity index (χ1v) is 9.04. The number of guanidine groups is 1. The summed E-state index contributed by atoms with van der Waals surface area (Å²) in [5.41, 5.74) is 0.950. The number of aryl methyl sites for hydroxylation is 1. The van der Waals surface area contributed by atoms with E-state index in [9.17, 15) is 4.39 Å². The zero-order valence-corrected chi connectivity index (χ0v) is 15.3. The molecule has 0 spiro atoms. The molecule has 2 N–H and O–H groups in total. The Labute approximate surface area is 153 Å². The minimum absolute atomic E-state index is 0.187. The molecule has 0 saturated carbocycles. The van der Waals surface area contributed by atoms with Gasteiger partial charge in [-0.05, 0) is 38.0 Å². The van der Waals surface area contributed by atoms with Crippen molar-refractivity contribution in [2.24, 2.45) is 12.0 Å². The van der Waals surface area contributed by atoms with E-state index in [4.69, 9.17) is 0 Å². The summed E-state index contributed by atoms with van der Waals surface area (Å²) in [7, 11) is 1.86. The Morgan fingerprint density at radius 3 is 2.81 bits per heavy atom. The van der Waals surface area contributed by atoms with Gasteiger partial charge < -0.3 is 15.5 Å². The number of hydrogen-bond donors (Lipinski definition) is 2. The molecule has 1 saturated heterocycles. The van der Waals surface area contributed by atoms with Gasteiger partial charge in [0.05, 0.1) is 0 Å². The zero-order chi connectivity index (χ0) is 18.4. The maximum atomic E-state index is 13.4. The van der Waals surface area contributed by atoms with E-state index in [1.54, 1.807) is 16.8 Å². The molecule has 1 aliphatic heterocycles. The van der Waals surface area contributed by atoms with E-state index in [0.29, 0.717) is 12.6 Å². The molecule has 0 bridgehead atoms. The summed E-state index contributed by atoms with van der Waals surface area (Å²) in [5, 5.41) is 10.8. The summed E-state index contributed by atoms with van der Waals surface area (Å²) in [6, 6.07) is 7.15. The van der Waals surface area contributed by atoms with Gasteiger partial charge in [-0.3, -0.25) is 4.68 Å². The monoisotopic (exact) mass is 359 g/mol. The molecule has 1 aromatic heterocycles. The van der Waals surface area contributed by atoms with Crippen molar-refractivity contribution in [3.05, 3.63) is 42.2 Å². The Bertz CT molecular complexity index is 735. The van der Waals surface area contributed by atoms with Gasteiger partial charge >= 0.3 is 0 Å². The summed E-state index contributed by atoms with van der Waals surface area (Å²) in [5.74, 6) is 1.43. The predicted octanol–water partition coefficient (Wildman–Crippen LogP) is 1.68. The molecule has 0 atom stereocenters. The van der Waals surface area contributed by atoms with Gasteiger partial charge in [-0.2, -0.15) is 5.10 Å². The first kappa shape index (κ1) is 18.2. The van der Waals surface area contributed by atoms with Crippen molar-refractivity contribution in [3.63, 3.8) is 0 Å². The molecular weight excluding hydrogens is 333 g/mol. The summed E-state index contributed by atoms with van der Waals surface area (Å²) < 4.78 is 15.1. The third-order valence-corrected chi connectivity index (χ3v) is 4.54. The van der Waals surface area contributed by atoms with Crippen LogP contribution in [0.2, 0.25) is 0 Å². The number of rotatable bonds is 5. The molecule has 8 heteroatoms. The first-order valence-electron chi connectivity index (χ1n) is 9.04. The average molecular weight is 359 g/mol. The molecule has 2 aromatic rings. The molecule has 3 rings (SSSR count). The first-order chi connectivity index (χ1) is 12.7. The predicted molar refractivity (Wildman–Crippen MR) is 101 cm³/mol. The maximum absolute atomic E-state index is 13.4. The minimum Gasteiger partial charge on any atom is -0.371 e. The van der Waals surface area contributed by atoms with Crippen LogP contribution < -0.4 is 15.5 Å². The summed E-state index contributed by atoms with van der Waals surface area (Å²) >= 11 is 0. The van der Waals surface area contributed by atoms with Gasteiger partial charge in [-0.15, -0.1) is 0 Å². The van der Waals surface area contributed by atoms with Gasteiger partial charge in [0.2, 0.25) is 0 Å². The maximum Gasteiger partial charge on any atom is 0.191 e. The molecule has 7 nitrogen and oxygen atoms in total. The Kier molecular flexibility index (Phi) is 6.04.